The molecule has 2 rings (SSSR count). The average molecular weight is 246 g/mol. The number of fused-ring (bicyclic) bond motifs is 1. The SMILES string of the molecule is CCNCC(=O)c1c[nH]c2c(OC)cc(C)cc12. The summed E-state index contributed by atoms with van der Waals surface area (Å²) in [5.74, 6) is 0.864. The predicted octanol–water partition coefficient (Wildman–Crippen LogP) is 2.28. The van der Waals surface area contributed by atoms with E-state index < -0.39 is 0 Å². The van der Waals surface area contributed by atoms with E-state index in [4.69, 9.17) is 4.74 Å². The van der Waals surface area contributed by atoms with Crippen molar-refractivity contribution in [2.24, 2.45) is 0 Å². The number of carbonyl (C=O) groups is 1. The van der Waals surface area contributed by atoms with Crippen molar-refractivity contribution >= 4 is 16.7 Å². The lowest BCUT2D eigenvalue weighted by molar-refractivity contribution is 0.0993. The van der Waals surface area contributed by atoms with Crippen molar-refractivity contribution < 1.29 is 9.53 Å². The topological polar surface area (TPSA) is 54.1 Å². The van der Waals surface area contributed by atoms with Crippen LogP contribution in [0, 0.1) is 6.92 Å². The second kappa shape index (κ2) is 5.23. The van der Waals surface area contributed by atoms with Crippen molar-refractivity contribution in [1.29, 1.82) is 0 Å². The maximum Gasteiger partial charge on any atom is 0.178 e. The van der Waals surface area contributed by atoms with Gasteiger partial charge in [0.2, 0.25) is 0 Å². The van der Waals surface area contributed by atoms with Crippen molar-refractivity contribution in [3.05, 3.63) is 29.5 Å². The maximum absolute atomic E-state index is 12.1. The molecule has 4 heteroatoms. The van der Waals surface area contributed by atoms with Gasteiger partial charge in [0.05, 0.1) is 19.2 Å². The highest BCUT2D eigenvalue weighted by Gasteiger charge is 2.14. The van der Waals surface area contributed by atoms with Crippen LogP contribution in [0.1, 0.15) is 22.8 Å². The van der Waals surface area contributed by atoms with Gasteiger partial charge in [-0.05, 0) is 31.2 Å². The van der Waals surface area contributed by atoms with Gasteiger partial charge in [-0.15, -0.1) is 0 Å². The quantitative estimate of drug-likeness (QED) is 0.796. The van der Waals surface area contributed by atoms with Crippen LogP contribution in [-0.4, -0.2) is 31.0 Å². The van der Waals surface area contributed by atoms with E-state index >= 15 is 0 Å². The number of H-pyrrole nitrogens is 1. The number of ether oxygens (including phenoxy) is 1. The van der Waals surface area contributed by atoms with Crippen molar-refractivity contribution in [3.63, 3.8) is 0 Å². The molecule has 2 aromatic rings. The molecule has 1 heterocycles. The molecule has 0 aliphatic rings. The average Bonchev–Trinajstić information content (AvgIpc) is 2.78. The molecule has 0 unspecified atom stereocenters. The number of carbonyl (C=O) groups excluding carboxylic acids is 1. The van der Waals surface area contributed by atoms with Crippen molar-refractivity contribution in [2.75, 3.05) is 20.2 Å². The Hall–Kier alpha value is -1.81. The minimum atomic E-state index is 0.0933. The molecule has 2 N–H and O–H groups in total. The van der Waals surface area contributed by atoms with Crippen LogP contribution in [0.4, 0.5) is 0 Å². The lowest BCUT2D eigenvalue weighted by Gasteiger charge is -2.05. The largest absolute Gasteiger partial charge is 0.495 e. The van der Waals surface area contributed by atoms with E-state index in [-0.39, 0.29) is 5.78 Å². The third kappa shape index (κ3) is 2.24. The lowest BCUT2D eigenvalue weighted by Crippen LogP contribution is -2.22. The number of aryl methyl sites for hydroxylation is 1. The number of ketones is 1. The summed E-state index contributed by atoms with van der Waals surface area (Å²) in [6, 6.07) is 3.96. The number of hydrogen-bond donors (Lipinski definition) is 2. The first-order valence-electron chi connectivity index (χ1n) is 6.07. The van der Waals surface area contributed by atoms with E-state index in [1.165, 1.54) is 0 Å². The molecule has 1 aromatic heterocycles. The fourth-order valence-electron chi connectivity index (χ4n) is 2.06. The van der Waals surface area contributed by atoms with Crippen molar-refractivity contribution in [1.82, 2.24) is 10.3 Å². The molecular formula is C14H18N2O2. The van der Waals surface area contributed by atoms with Gasteiger partial charge in [0.15, 0.2) is 5.78 Å². The zero-order valence-electron chi connectivity index (χ0n) is 11.0. The number of likely N-dealkylation sites (N-methyl/N-ethyl adjacent to an activating group) is 1. The number of methoxy groups -OCH3 is 1. The van der Waals surface area contributed by atoms with Gasteiger partial charge in [0, 0.05) is 17.1 Å². The van der Waals surface area contributed by atoms with Gasteiger partial charge >= 0.3 is 0 Å². The normalized spacial score (nSPS) is 10.8. The van der Waals surface area contributed by atoms with Crippen LogP contribution >= 0.6 is 0 Å². The summed E-state index contributed by atoms with van der Waals surface area (Å²) in [6.45, 7) is 5.12. The first-order chi connectivity index (χ1) is 8.67. The second-order valence-corrected chi connectivity index (χ2v) is 4.30. The van der Waals surface area contributed by atoms with Gasteiger partial charge in [-0.2, -0.15) is 0 Å². The van der Waals surface area contributed by atoms with Crippen molar-refractivity contribution in [2.45, 2.75) is 13.8 Å². The van der Waals surface area contributed by atoms with E-state index in [0.29, 0.717) is 12.1 Å². The first-order valence-corrected chi connectivity index (χ1v) is 6.07. The van der Waals surface area contributed by atoms with Gasteiger partial charge in [-0.3, -0.25) is 4.79 Å². The van der Waals surface area contributed by atoms with Crippen LogP contribution < -0.4 is 10.1 Å². The predicted molar refractivity (Wildman–Crippen MR) is 72.5 cm³/mol. The Morgan fingerprint density at radius 1 is 1.44 bits per heavy atom. The maximum atomic E-state index is 12.1. The molecule has 0 atom stereocenters. The molecule has 0 saturated heterocycles. The summed E-state index contributed by atoms with van der Waals surface area (Å²) in [5.41, 5.74) is 2.67. The molecular weight excluding hydrogens is 228 g/mol. The Morgan fingerprint density at radius 3 is 2.89 bits per heavy atom. The van der Waals surface area contributed by atoms with E-state index in [1.54, 1.807) is 13.3 Å². The van der Waals surface area contributed by atoms with E-state index in [2.05, 4.69) is 10.3 Å². The molecule has 1 aromatic carbocycles. The number of benzene rings is 1. The Morgan fingerprint density at radius 2 is 2.22 bits per heavy atom. The molecule has 18 heavy (non-hydrogen) atoms. The van der Waals surface area contributed by atoms with Crippen LogP contribution in [0.2, 0.25) is 0 Å². The number of Topliss-reactive ketones (excluding diaryl/α,β-unsaturated/α-hetero) is 1. The molecule has 96 valence electrons. The number of nitrogens with one attached hydrogen (secondary N) is 2. The third-order valence-corrected chi connectivity index (χ3v) is 2.95. The highest BCUT2D eigenvalue weighted by Crippen LogP contribution is 2.29. The number of aromatic nitrogens is 1. The summed E-state index contributed by atoms with van der Waals surface area (Å²) >= 11 is 0. The third-order valence-electron chi connectivity index (χ3n) is 2.95. The smallest absolute Gasteiger partial charge is 0.178 e. The Balaban J connectivity index is 2.47. The van der Waals surface area contributed by atoms with Crippen LogP contribution in [-0.2, 0) is 0 Å². The van der Waals surface area contributed by atoms with Gasteiger partial charge in [-0.25, -0.2) is 0 Å². The fraction of sp³-hybridized carbons (Fsp3) is 0.357. The molecule has 4 nitrogen and oxygen atoms in total. The van der Waals surface area contributed by atoms with Crippen LogP contribution in [0.3, 0.4) is 0 Å². The summed E-state index contributed by atoms with van der Waals surface area (Å²) in [7, 11) is 1.63. The Kier molecular flexibility index (Phi) is 3.67. The number of aromatic amines is 1. The number of hydrogen-bond acceptors (Lipinski definition) is 3. The highest BCUT2D eigenvalue weighted by molar-refractivity contribution is 6.10. The minimum Gasteiger partial charge on any atom is -0.495 e. The summed E-state index contributed by atoms with van der Waals surface area (Å²) in [5, 5.41) is 3.98. The van der Waals surface area contributed by atoms with Crippen molar-refractivity contribution in [3.8, 4) is 5.75 Å². The van der Waals surface area contributed by atoms with Gasteiger partial charge in [-0.1, -0.05) is 6.92 Å². The van der Waals surface area contributed by atoms with Crippen LogP contribution in [0.25, 0.3) is 10.9 Å². The van der Waals surface area contributed by atoms with Gasteiger partial charge in [0.25, 0.3) is 0 Å². The highest BCUT2D eigenvalue weighted by atomic mass is 16.5. The van der Waals surface area contributed by atoms with E-state index in [9.17, 15) is 4.79 Å². The molecule has 0 radical (unpaired) electrons. The van der Waals surface area contributed by atoms with Crippen LogP contribution in [0.5, 0.6) is 5.75 Å². The summed E-state index contributed by atoms with van der Waals surface area (Å²) in [4.78, 5) is 15.2. The summed E-state index contributed by atoms with van der Waals surface area (Å²) in [6.07, 6.45) is 1.76. The molecule has 0 aliphatic carbocycles. The first kappa shape index (κ1) is 12.6. The molecule has 0 saturated carbocycles. The second-order valence-electron chi connectivity index (χ2n) is 4.30. The monoisotopic (exact) mass is 246 g/mol. The van der Waals surface area contributed by atoms with Gasteiger partial charge < -0.3 is 15.0 Å². The van der Waals surface area contributed by atoms with E-state index in [0.717, 1.165) is 28.8 Å². The Labute approximate surface area is 106 Å². The Bertz CT molecular complexity index is 572. The fourth-order valence-corrected chi connectivity index (χ4v) is 2.06. The van der Waals surface area contributed by atoms with Crippen LogP contribution in [0.15, 0.2) is 18.3 Å². The molecule has 0 bridgehead atoms. The number of rotatable bonds is 5. The molecule has 0 aliphatic heterocycles. The molecule has 0 amide bonds. The standard InChI is InChI=1S/C14H18N2O2/c1-4-15-8-12(17)11-7-16-14-10(11)5-9(2)6-13(14)18-3/h5-7,15-16H,4,8H2,1-3H3. The summed E-state index contributed by atoms with van der Waals surface area (Å²) < 4.78 is 5.32. The molecule has 0 fully saturated rings. The lowest BCUT2D eigenvalue weighted by atomic mass is 10.1. The molecule has 0 spiro atoms. The zero-order valence-corrected chi connectivity index (χ0v) is 11.0. The van der Waals surface area contributed by atoms with Gasteiger partial charge in [0.1, 0.15) is 5.75 Å². The van der Waals surface area contributed by atoms with E-state index in [1.807, 2.05) is 26.0 Å². The minimum absolute atomic E-state index is 0.0933. The zero-order chi connectivity index (χ0) is 13.1.